The second-order valence-electron chi connectivity index (χ2n) is 19.2. The quantitative estimate of drug-likeness (QED) is 0.0436. The Morgan fingerprint density at radius 2 is 0.826 bits per heavy atom. The van der Waals surface area contributed by atoms with Gasteiger partial charge in [-0.25, -0.2) is 15.0 Å². The molecule has 8 heterocycles. The average Bonchev–Trinajstić information content (AvgIpc) is 2.59. The van der Waals surface area contributed by atoms with E-state index in [1.165, 1.54) is 55.5 Å². The van der Waals surface area contributed by atoms with Crippen LogP contribution in [0.3, 0.4) is 0 Å². The Labute approximate surface area is 486 Å². The fourth-order valence-electron chi connectivity index (χ4n) is 8.74. The Morgan fingerprint density at radius 3 is 1.29 bits per heavy atom. The molecule has 0 fully saturated rings. The minimum Gasteiger partial charge on any atom is -0.542 e. The molecular formula is C53H61F3N20O10. The number of carboxylic acids is 1. The van der Waals surface area contributed by atoms with E-state index in [-0.39, 0.29) is 52.2 Å². The minimum absolute atomic E-state index is 0.00509. The Balaban J connectivity index is 0.00000142. The van der Waals surface area contributed by atoms with Crippen molar-refractivity contribution in [3.05, 3.63) is 138 Å². The predicted molar refractivity (Wildman–Crippen MR) is 301 cm³/mol. The first-order chi connectivity index (χ1) is 40.8. The van der Waals surface area contributed by atoms with Crippen LogP contribution in [0.5, 0.6) is 0 Å². The van der Waals surface area contributed by atoms with Gasteiger partial charge in [-0.3, -0.25) is 38.4 Å². The summed E-state index contributed by atoms with van der Waals surface area (Å²) in [4.78, 5) is 127. The highest BCUT2D eigenvalue weighted by Gasteiger charge is 2.29. The summed E-state index contributed by atoms with van der Waals surface area (Å²) >= 11 is 0. The molecule has 0 saturated carbocycles. The van der Waals surface area contributed by atoms with E-state index in [1.54, 1.807) is 123 Å². The number of quaternary nitrogens is 1. The van der Waals surface area contributed by atoms with E-state index in [1.807, 2.05) is 0 Å². The van der Waals surface area contributed by atoms with Crippen LogP contribution in [0.4, 0.5) is 47.4 Å². The summed E-state index contributed by atoms with van der Waals surface area (Å²) in [5, 5.41) is 30.7. The smallest absolute Gasteiger partial charge is 0.430 e. The van der Waals surface area contributed by atoms with E-state index in [9.17, 15) is 51.5 Å². The molecule has 0 aromatic carbocycles. The molecule has 0 aliphatic carbocycles. The summed E-state index contributed by atoms with van der Waals surface area (Å²) in [7, 11) is 11.3. The van der Waals surface area contributed by atoms with Crippen molar-refractivity contribution in [2.45, 2.75) is 45.1 Å². The zero-order valence-electron chi connectivity index (χ0n) is 47.5. The summed E-state index contributed by atoms with van der Waals surface area (Å²) in [6, 6.07) is 7.70. The summed E-state index contributed by atoms with van der Waals surface area (Å²) in [5.41, 5.74) is 7.11. The lowest BCUT2D eigenvalue weighted by Crippen LogP contribution is -2.50. The highest BCUT2D eigenvalue weighted by atomic mass is 19.4. The number of nitrogens with zero attached hydrogens (tertiary/aromatic N) is 11. The van der Waals surface area contributed by atoms with E-state index in [0.29, 0.717) is 85.3 Å². The first-order valence-electron chi connectivity index (χ1n) is 26.1. The highest BCUT2D eigenvalue weighted by Crippen LogP contribution is 2.24. The maximum absolute atomic E-state index is 13.9. The zero-order valence-corrected chi connectivity index (χ0v) is 47.5. The number of rotatable bonds is 22. The van der Waals surface area contributed by atoms with Crippen LogP contribution in [0.1, 0.15) is 104 Å². The van der Waals surface area contributed by atoms with Gasteiger partial charge in [-0.05, 0) is 43.2 Å². The Hall–Kier alpha value is -11.0. The van der Waals surface area contributed by atoms with Gasteiger partial charge in [0.2, 0.25) is 5.82 Å². The second-order valence-corrected chi connectivity index (χ2v) is 19.2. The van der Waals surface area contributed by atoms with Crippen molar-refractivity contribution in [3.63, 3.8) is 0 Å². The number of carbonyl (C=O) groups excluding carboxylic acids is 9. The number of carbonyl (C=O) groups is 9. The Bertz CT molecular complexity index is 3860. The molecule has 0 radical (unpaired) electrons. The second kappa shape index (κ2) is 26.9. The fourth-order valence-corrected chi connectivity index (χ4v) is 8.74. The van der Waals surface area contributed by atoms with Gasteiger partial charge >= 0.3 is 6.18 Å². The molecule has 33 heteroatoms. The molecule has 0 spiro atoms. The molecule has 0 unspecified atom stereocenters. The van der Waals surface area contributed by atoms with Crippen LogP contribution >= 0.6 is 0 Å². The van der Waals surface area contributed by atoms with Gasteiger partial charge in [0.05, 0.1) is 35.0 Å². The van der Waals surface area contributed by atoms with Crippen molar-refractivity contribution >= 4 is 87.5 Å². The number of anilines is 6. The van der Waals surface area contributed by atoms with Crippen molar-refractivity contribution < 1.29 is 67.2 Å². The molecule has 0 atom stereocenters. The van der Waals surface area contributed by atoms with Gasteiger partial charge < -0.3 is 94.7 Å². The van der Waals surface area contributed by atoms with Crippen molar-refractivity contribution in [2.75, 3.05) is 52.5 Å². The largest absolute Gasteiger partial charge is 0.542 e. The number of amides is 8. The van der Waals surface area contributed by atoms with Crippen LogP contribution in [0.15, 0.2) is 92.3 Å². The van der Waals surface area contributed by atoms with Gasteiger partial charge in [0.1, 0.15) is 34.4 Å². The van der Waals surface area contributed by atoms with Crippen molar-refractivity contribution in [1.29, 1.82) is 0 Å². The van der Waals surface area contributed by atoms with E-state index >= 15 is 0 Å². The van der Waals surface area contributed by atoms with Gasteiger partial charge in [0.25, 0.3) is 47.3 Å². The van der Waals surface area contributed by atoms with Gasteiger partial charge in [0.15, 0.2) is 17.5 Å². The molecule has 11 N–H and O–H groups in total. The number of aromatic nitrogens is 11. The van der Waals surface area contributed by atoms with Gasteiger partial charge in [-0.2, -0.15) is 13.2 Å². The standard InChI is InChI=1S/C51H60N20O8.C2HF3O2/c1-53-44(72)35-19-30(24-65(35)4)57-46(74)36-20-31(25-66(36)5)58-47(75)37-21-32(26-67(37)6)60-50(78)42-56-13-18-69(42)14-8-9-15-70-27-33(22-38(70)45(73)54-2)59-48(76)39-23-34(28-71(39)16-10-11-52)61-51(79)43-62-40(29-68(43)7)63-49(77)41-55-12-17-64(41)3;3-2(4,5)1(6)7/h12-13,17-29H,8-11,14-16,52H2,1-7H3,(H,53,72)(H,54,73)(H,57,74)(H,58,75)(H,59,76)(H,60,78)(H,61,79)(H,63,77);(H,6,7). The number of halogens is 3. The molecule has 86 heavy (non-hydrogen) atoms. The highest BCUT2D eigenvalue weighted by molar-refractivity contribution is 6.09. The number of aryl methyl sites for hydroxylation is 8. The van der Waals surface area contributed by atoms with Crippen LogP contribution in [0.2, 0.25) is 0 Å². The first-order valence-corrected chi connectivity index (χ1v) is 26.1. The number of nitrogens with one attached hydrogen (secondary N) is 8. The third-order valence-electron chi connectivity index (χ3n) is 12.9. The molecule has 8 amide bonds. The molecular weight excluding hydrogens is 1130 g/mol. The topological polar surface area (TPSA) is 379 Å². The summed E-state index contributed by atoms with van der Waals surface area (Å²) in [6.07, 6.45) is 12.5. The van der Waals surface area contributed by atoms with Crippen LogP contribution in [-0.2, 0) is 59.7 Å². The van der Waals surface area contributed by atoms with E-state index in [4.69, 9.17) is 9.90 Å². The van der Waals surface area contributed by atoms with Crippen molar-refractivity contribution in [1.82, 2.24) is 62.1 Å². The lowest BCUT2D eigenvalue weighted by molar-refractivity contribution is -0.368. The molecule has 8 aromatic heterocycles. The van der Waals surface area contributed by atoms with E-state index in [2.05, 4.69) is 63.2 Å². The summed E-state index contributed by atoms with van der Waals surface area (Å²) in [6.45, 7) is 1.80. The maximum atomic E-state index is 13.9. The van der Waals surface area contributed by atoms with Crippen LogP contribution in [0, 0.1) is 0 Å². The van der Waals surface area contributed by atoms with Gasteiger partial charge in [0, 0.05) is 137 Å². The Morgan fingerprint density at radius 1 is 0.453 bits per heavy atom. The number of hydrogen-bond donors (Lipinski definition) is 9. The molecule has 30 nitrogen and oxygen atoms in total. The van der Waals surface area contributed by atoms with Gasteiger partial charge in [-0.1, -0.05) is 0 Å². The van der Waals surface area contributed by atoms with Crippen LogP contribution in [0.25, 0.3) is 0 Å². The molecule has 8 rings (SSSR count). The number of aliphatic carboxylic acids is 1. The van der Waals surface area contributed by atoms with E-state index in [0.717, 1.165) is 0 Å². The van der Waals surface area contributed by atoms with Crippen LogP contribution in [-0.4, -0.2) is 132 Å². The summed E-state index contributed by atoms with van der Waals surface area (Å²) < 4.78 is 44.4. The number of imidazole rings is 3. The number of carboxylic acid groups (broad SMARTS) is 1. The molecule has 0 bridgehead atoms. The molecule has 0 saturated heterocycles. The third-order valence-corrected chi connectivity index (χ3v) is 12.9. The number of alkyl halides is 3. The minimum atomic E-state index is -5.19. The average molecular weight is 1200 g/mol. The summed E-state index contributed by atoms with van der Waals surface area (Å²) in [5.74, 6) is -6.24. The van der Waals surface area contributed by atoms with Crippen molar-refractivity contribution in [2.24, 2.45) is 35.2 Å². The van der Waals surface area contributed by atoms with Crippen LogP contribution < -0.4 is 53.4 Å². The van der Waals surface area contributed by atoms with Crippen molar-refractivity contribution in [3.8, 4) is 0 Å². The molecule has 0 aliphatic heterocycles. The zero-order chi connectivity index (χ0) is 62.7. The molecule has 0 aliphatic rings. The SMILES string of the molecule is CNC(=O)c1cc(NC(=O)c2cc(NC(=O)c3cc(NC(=O)c4nccn4CCCCn4cc(NC(=O)c5cc(NC(=O)c6nc(NC(=O)c7nccn7C)cn6C)cn5CCC[NH3+])cc4C(=O)NC)cn3C)cn2C)cn1C.O=C([O-])C(F)(F)F. The number of unbranched alkanes of at least 4 members (excludes halogenated alkanes) is 1. The normalized spacial score (nSPS) is 11.1. The molecule has 8 aromatic rings. The lowest BCUT2D eigenvalue weighted by Gasteiger charge is -2.10. The monoisotopic (exact) mass is 1190 g/mol. The number of hydrogen-bond acceptors (Lipinski definition) is 13. The maximum Gasteiger partial charge on any atom is 0.430 e. The first kappa shape index (κ1) is 62.6. The fraction of sp³-hybridized carbons (Fsp3) is 0.283. The molecule has 454 valence electrons. The van der Waals surface area contributed by atoms with E-state index < -0.39 is 47.6 Å². The predicted octanol–water partition coefficient (Wildman–Crippen LogP) is 1.61. The lowest BCUT2D eigenvalue weighted by atomic mass is 10.3. The van der Waals surface area contributed by atoms with Gasteiger partial charge in [-0.15, -0.1) is 0 Å². The Kier molecular flexibility index (Phi) is 19.6. The third kappa shape index (κ3) is 15.2.